The molecule has 52 heavy (non-hydrogen) atoms. The Labute approximate surface area is 303 Å². The Balaban J connectivity index is 1.20. The van der Waals surface area contributed by atoms with Gasteiger partial charge in [-0.3, -0.25) is 19.0 Å². The molecule has 0 unspecified atom stereocenters. The van der Waals surface area contributed by atoms with Gasteiger partial charge in [-0.2, -0.15) is 17.9 Å². The minimum Gasteiger partial charge on any atom is -0.504 e. The topological polar surface area (TPSA) is 322 Å². The number of carboxylic acids is 2. The minimum atomic E-state index is -4.73. The Hall–Kier alpha value is -5.50. The molecule has 8 N–H and O–H groups in total. The Morgan fingerprint density at radius 2 is 1.87 bits per heavy atom. The van der Waals surface area contributed by atoms with Crippen molar-refractivity contribution in [2.75, 3.05) is 17.2 Å². The second-order valence-corrected chi connectivity index (χ2v) is 15.1. The van der Waals surface area contributed by atoms with Crippen molar-refractivity contribution in [1.29, 1.82) is 0 Å². The van der Waals surface area contributed by atoms with Crippen LogP contribution in [0.2, 0.25) is 0 Å². The van der Waals surface area contributed by atoms with Crippen LogP contribution in [-0.4, -0.2) is 115 Å². The fraction of sp³-hybridized carbons (Fsp3) is 0.222. The number of carbonyl (C=O) groups excluding carboxylic acids is 2. The fourth-order valence-electron chi connectivity index (χ4n) is 5.02. The number of aliphatic carboxylic acids is 1. The lowest BCUT2D eigenvalue weighted by atomic mass is 10.0. The predicted octanol–water partition coefficient (Wildman–Crippen LogP) is 0.279. The normalized spacial score (nSPS) is 17.5. The summed E-state index contributed by atoms with van der Waals surface area (Å²) in [5, 5.41) is 49.3. The number of carbonyl (C=O) groups is 4. The molecule has 1 saturated heterocycles. The molecule has 3 aromatic heterocycles. The average molecular weight is 794 g/mol. The summed E-state index contributed by atoms with van der Waals surface area (Å²) >= 11 is 3.20. The summed E-state index contributed by atoms with van der Waals surface area (Å²) in [7, 11) is -4.73. The number of phenolic OH excluding ortho intramolecular Hbond substituents is 2. The van der Waals surface area contributed by atoms with Crippen LogP contribution in [0.25, 0.3) is 5.78 Å². The number of anilines is 1. The molecule has 6 rings (SSSR count). The van der Waals surface area contributed by atoms with Crippen LogP contribution in [0.15, 0.2) is 50.2 Å². The number of aromatic hydroxyl groups is 2. The second kappa shape index (κ2) is 13.9. The van der Waals surface area contributed by atoms with Crippen molar-refractivity contribution in [2.24, 2.45) is 5.16 Å². The zero-order valence-corrected chi connectivity index (χ0v) is 29.3. The number of thioether (sulfide) groups is 2. The lowest BCUT2D eigenvalue weighted by molar-refractivity contribution is -0.150. The van der Waals surface area contributed by atoms with Crippen molar-refractivity contribution < 1.29 is 57.4 Å². The van der Waals surface area contributed by atoms with Crippen molar-refractivity contribution in [3.63, 3.8) is 0 Å². The predicted molar refractivity (Wildman–Crippen MR) is 180 cm³/mol. The number of carboxylic acid groups (broad SMARTS) is 2. The summed E-state index contributed by atoms with van der Waals surface area (Å²) < 4.78 is 33.6. The minimum absolute atomic E-state index is 0.0174. The van der Waals surface area contributed by atoms with Crippen molar-refractivity contribution in [1.82, 2.24) is 34.8 Å². The number of thiazole rings is 1. The first kappa shape index (κ1) is 36.3. The SMILES string of the molecule is Cc1cc(SCC2=C(C(=O)O)N3C(=O)[C@@H](NC(=O)/C(=N\OCc4cc(O)c(O)cc4C(=O)O)c4csc(N)n4)[C@H]3SC2)n2nc(S(=O)(=O)O)nc2n1. The third kappa shape index (κ3) is 7.02. The van der Waals surface area contributed by atoms with Crippen LogP contribution >= 0.6 is 34.9 Å². The molecule has 0 bridgehead atoms. The van der Waals surface area contributed by atoms with Crippen LogP contribution in [0, 0.1) is 6.92 Å². The highest BCUT2D eigenvalue weighted by Gasteiger charge is 2.54. The van der Waals surface area contributed by atoms with Crippen LogP contribution < -0.4 is 11.1 Å². The van der Waals surface area contributed by atoms with E-state index in [1.807, 2.05) is 0 Å². The molecule has 2 aliphatic heterocycles. The van der Waals surface area contributed by atoms with Gasteiger partial charge in [0.05, 0.1) is 5.56 Å². The van der Waals surface area contributed by atoms with E-state index in [1.54, 1.807) is 13.0 Å². The maximum atomic E-state index is 13.5. The number of β-lactam (4-membered cyclic amide) rings is 1. The van der Waals surface area contributed by atoms with E-state index in [9.17, 15) is 52.6 Å². The highest BCUT2D eigenvalue weighted by Crippen LogP contribution is 2.42. The zero-order chi connectivity index (χ0) is 37.6. The molecule has 2 amide bonds. The second-order valence-electron chi connectivity index (χ2n) is 10.8. The third-order valence-corrected chi connectivity index (χ3v) is 11.1. The molecular formula is C27H23N9O12S4. The zero-order valence-electron chi connectivity index (χ0n) is 26.0. The van der Waals surface area contributed by atoms with Gasteiger partial charge in [-0.05, 0) is 30.7 Å². The maximum Gasteiger partial charge on any atom is 0.352 e. The van der Waals surface area contributed by atoms with Crippen LogP contribution in [0.1, 0.15) is 27.3 Å². The summed E-state index contributed by atoms with van der Waals surface area (Å²) in [6, 6.07) is 2.11. The van der Waals surface area contributed by atoms with E-state index in [-0.39, 0.29) is 39.4 Å². The molecule has 2 atom stereocenters. The smallest absolute Gasteiger partial charge is 0.352 e. The van der Waals surface area contributed by atoms with E-state index < -0.39 is 79.8 Å². The Kier molecular flexibility index (Phi) is 9.71. The summed E-state index contributed by atoms with van der Waals surface area (Å²) in [5.74, 6) is -5.82. The molecule has 0 saturated carbocycles. The van der Waals surface area contributed by atoms with Crippen LogP contribution in [-0.2, 0) is 35.9 Å². The number of amides is 2. The molecular weight excluding hydrogens is 771 g/mol. The molecule has 5 heterocycles. The lowest BCUT2D eigenvalue weighted by Crippen LogP contribution is -2.71. The van der Waals surface area contributed by atoms with Gasteiger partial charge >= 0.3 is 22.1 Å². The number of rotatable bonds is 12. The molecule has 1 fully saturated rings. The molecule has 25 heteroatoms. The van der Waals surface area contributed by atoms with Crippen molar-refractivity contribution in [3.8, 4) is 11.5 Å². The van der Waals surface area contributed by atoms with Gasteiger partial charge in [0, 0.05) is 28.1 Å². The molecule has 0 radical (unpaired) electrons. The van der Waals surface area contributed by atoms with Gasteiger partial charge in [-0.25, -0.2) is 19.6 Å². The van der Waals surface area contributed by atoms with Crippen LogP contribution in [0.3, 0.4) is 0 Å². The first-order valence-corrected chi connectivity index (χ1v) is 18.6. The van der Waals surface area contributed by atoms with E-state index >= 15 is 0 Å². The van der Waals surface area contributed by atoms with Gasteiger partial charge in [-0.1, -0.05) is 5.16 Å². The number of benzene rings is 1. The summed E-state index contributed by atoms with van der Waals surface area (Å²) in [6.45, 7) is 1.04. The number of aromatic carboxylic acids is 1. The summed E-state index contributed by atoms with van der Waals surface area (Å²) in [5.41, 5.74) is 5.20. The number of phenols is 2. The molecule has 2 aliphatic rings. The molecule has 21 nitrogen and oxygen atoms in total. The van der Waals surface area contributed by atoms with Crippen molar-refractivity contribution in [2.45, 2.75) is 35.1 Å². The number of fused-ring (bicyclic) bond motifs is 2. The van der Waals surface area contributed by atoms with E-state index in [2.05, 4.69) is 30.5 Å². The number of hydrogen-bond donors (Lipinski definition) is 7. The fourth-order valence-corrected chi connectivity index (χ4v) is 8.48. The maximum absolute atomic E-state index is 13.5. The molecule has 4 aromatic rings. The van der Waals surface area contributed by atoms with Gasteiger partial charge < -0.3 is 36.3 Å². The summed E-state index contributed by atoms with van der Waals surface area (Å²) in [6.07, 6.45) is 0. The van der Waals surface area contributed by atoms with Gasteiger partial charge in [0.2, 0.25) is 0 Å². The van der Waals surface area contributed by atoms with Gasteiger partial charge in [0.15, 0.2) is 22.3 Å². The van der Waals surface area contributed by atoms with Crippen LogP contribution in [0.5, 0.6) is 11.5 Å². The number of aromatic nitrogens is 5. The number of aryl methyl sites for hydroxylation is 1. The number of nitrogens with two attached hydrogens (primary N) is 1. The standard InChI is InChI=1S/C27H23N9O12S4/c1-9-2-16(36-26(29-9)32-27(33-36)52(45,46)47)49-6-11-7-50-22-18(21(40)35(22)19(11)24(43)44)31-20(39)17(13-8-51-25(28)30-13)34-48-5-10-3-14(37)15(38)4-12(10)23(41)42/h2-4,8,18,22,37-38H,5-7H2,1H3,(H2,28,30)(H,31,39)(H,41,42)(H,43,44)(H,45,46,47)/b34-17-/t18-,22-/m1/s1. The lowest BCUT2D eigenvalue weighted by Gasteiger charge is -2.49. The van der Waals surface area contributed by atoms with Crippen molar-refractivity contribution >= 4 is 85.4 Å². The van der Waals surface area contributed by atoms with E-state index in [0.29, 0.717) is 16.3 Å². The van der Waals surface area contributed by atoms with Gasteiger partial charge in [0.25, 0.3) is 22.7 Å². The quantitative estimate of drug-likeness (QED) is 0.0193. The Morgan fingerprint density at radius 3 is 2.52 bits per heavy atom. The van der Waals surface area contributed by atoms with Gasteiger partial charge in [0.1, 0.15) is 34.4 Å². The molecule has 272 valence electrons. The van der Waals surface area contributed by atoms with E-state index in [0.717, 1.165) is 44.6 Å². The van der Waals surface area contributed by atoms with Crippen molar-refractivity contribution in [3.05, 3.63) is 57.4 Å². The largest absolute Gasteiger partial charge is 0.504 e. The number of nitrogens with one attached hydrogen (secondary N) is 1. The first-order valence-electron chi connectivity index (χ1n) is 14.3. The monoisotopic (exact) mass is 793 g/mol. The Bertz CT molecular complexity index is 2360. The number of nitrogen functional groups attached to an aromatic ring is 1. The van der Waals surface area contributed by atoms with E-state index in [4.69, 9.17) is 10.6 Å². The number of oxime groups is 1. The van der Waals surface area contributed by atoms with Gasteiger partial charge in [-0.15, -0.1) is 40.0 Å². The summed E-state index contributed by atoms with van der Waals surface area (Å²) in [4.78, 5) is 69.1. The highest BCUT2D eigenvalue weighted by molar-refractivity contribution is 8.01. The number of hydrogen-bond acceptors (Lipinski definition) is 18. The molecule has 0 aliphatic carbocycles. The molecule has 1 aromatic carbocycles. The first-order chi connectivity index (χ1) is 24.5. The number of nitrogens with zero attached hydrogens (tertiary/aromatic N) is 7. The average Bonchev–Trinajstić information content (AvgIpc) is 3.71. The Morgan fingerprint density at radius 1 is 1.13 bits per heavy atom. The highest BCUT2D eigenvalue weighted by atomic mass is 32.2. The third-order valence-electron chi connectivity index (χ3n) is 7.34. The van der Waals surface area contributed by atoms with E-state index in [1.165, 1.54) is 17.1 Å². The molecule has 0 spiro atoms. The van der Waals surface area contributed by atoms with Crippen LogP contribution in [0.4, 0.5) is 5.13 Å².